The first kappa shape index (κ1) is 27.1. The minimum atomic E-state index is -4.54. The zero-order valence-corrected chi connectivity index (χ0v) is 20.3. The van der Waals surface area contributed by atoms with Crippen molar-refractivity contribution in [1.82, 2.24) is 0 Å². The number of esters is 1. The highest BCUT2D eigenvalue weighted by Gasteiger charge is 2.31. The zero-order valence-electron chi connectivity index (χ0n) is 19.5. The van der Waals surface area contributed by atoms with E-state index in [0.29, 0.717) is 5.56 Å². The number of ether oxygens (including phenoxy) is 2. The summed E-state index contributed by atoms with van der Waals surface area (Å²) < 4.78 is 75.7. The number of anilines is 1. The monoisotopic (exact) mass is 521 g/mol. The average molecular weight is 522 g/mol. The smallest absolute Gasteiger partial charge is 0.416 e. The van der Waals surface area contributed by atoms with Crippen LogP contribution in [0.1, 0.15) is 36.0 Å². The van der Waals surface area contributed by atoms with Crippen molar-refractivity contribution in [3.05, 3.63) is 89.5 Å². The fourth-order valence-corrected chi connectivity index (χ4v) is 5.24. The summed E-state index contributed by atoms with van der Waals surface area (Å²) >= 11 is 0. The molecule has 0 aliphatic rings. The number of alkyl halides is 3. The molecule has 3 aromatic carbocycles. The Morgan fingerprint density at radius 1 is 1.00 bits per heavy atom. The lowest BCUT2D eigenvalue weighted by molar-refractivity contribution is -0.143. The van der Waals surface area contributed by atoms with Crippen LogP contribution in [-0.2, 0) is 32.2 Å². The van der Waals surface area contributed by atoms with Gasteiger partial charge >= 0.3 is 12.1 Å². The predicted molar refractivity (Wildman–Crippen MR) is 129 cm³/mol. The third-order valence-corrected chi connectivity index (χ3v) is 7.17. The summed E-state index contributed by atoms with van der Waals surface area (Å²) in [6.07, 6.45) is -4.62. The van der Waals surface area contributed by atoms with Gasteiger partial charge in [0.15, 0.2) is 9.84 Å². The molecule has 0 aromatic heterocycles. The first-order valence-electron chi connectivity index (χ1n) is 11.1. The van der Waals surface area contributed by atoms with Crippen LogP contribution in [0.2, 0.25) is 0 Å². The Morgan fingerprint density at radius 3 is 2.28 bits per heavy atom. The normalized spacial score (nSPS) is 12.7. The van der Waals surface area contributed by atoms with E-state index in [4.69, 9.17) is 15.2 Å². The Hall–Kier alpha value is -3.53. The lowest BCUT2D eigenvalue weighted by Gasteiger charge is -2.17. The van der Waals surface area contributed by atoms with Gasteiger partial charge in [0.05, 0.1) is 29.2 Å². The molecule has 0 fully saturated rings. The third kappa shape index (κ3) is 7.48. The average Bonchev–Trinajstić information content (AvgIpc) is 2.82. The summed E-state index contributed by atoms with van der Waals surface area (Å²) in [6, 6.07) is 17.6. The van der Waals surface area contributed by atoms with Crippen molar-refractivity contribution >= 4 is 21.5 Å². The van der Waals surface area contributed by atoms with Gasteiger partial charge in [-0.2, -0.15) is 13.2 Å². The number of carbonyl (C=O) groups is 1. The summed E-state index contributed by atoms with van der Waals surface area (Å²) in [6.45, 7) is 1.69. The molecule has 0 aliphatic heterocycles. The number of rotatable bonds is 10. The molecule has 2 N–H and O–H groups in total. The number of hydrogen-bond donors (Lipinski definition) is 1. The minimum absolute atomic E-state index is 0.0305. The molecule has 36 heavy (non-hydrogen) atoms. The molecule has 0 amide bonds. The van der Waals surface area contributed by atoms with E-state index < -0.39 is 33.5 Å². The van der Waals surface area contributed by atoms with Gasteiger partial charge in [0.25, 0.3) is 0 Å². The molecule has 3 aromatic rings. The molecule has 6 nitrogen and oxygen atoms in total. The molecule has 0 bridgehead atoms. The third-order valence-electron chi connectivity index (χ3n) is 5.34. The fourth-order valence-electron chi connectivity index (χ4n) is 3.66. The molecule has 0 spiro atoms. The van der Waals surface area contributed by atoms with E-state index >= 15 is 0 Å². The second-order valence-corrected chi connectivity index (χ2v) is 10.2. The predicted octanol–water partition coefficient (Wildman–Crippen LogP) is 5.38. The van der Waals surface area contributed by atoms with Crippen LogP contribution in [0.15, 0.2) is 77.7 Å². The SMILES string of the molecule is CCOC(=O)CC(CS(=O)(=O)c1ccc(OCc2cc(N)cc(C(F)(F)F)c2)cc1)c1ccccc1. The van der Waals surface area contributed by atoms with Crippen molar-refractivity contribution < 1.29 is 35.9 Å². The summed E-state index contributed by atoms with van der Waals surface area (Å²) in [4.78, 5) is 12.1. The van der Waals surface area contributed by atoms with E-state index in [0.717, 1.165) is 12.1 Å². The van der Waals surface area contributed by atoms with Gasteiger partial charge in [0, 0.05) is 11.6 Å². The van der Waals surface area contributed by atoms with Gasteiger partial charge in [0.1, 0.15) is 12.4 Å². The van der Waals surface area contributed by atoms with E-state index in [1.807, 2.05) is 0 Å². The summed E-state index contributed by atoms with van der Waals surface area (Å²) in [7, 11) is -3.78. The van der Waals surface area contributed by atoms with Gasteiger partial charge in [-0.05, 0) is 60.5 Å². The van der Waals surface area contributed by atoms with Crippen LogP contribution in [0, 0.1) is 0 Å². The van der Waals surface area contributed by atoms with Gasteiger partial charge in [0.2, 0.25) is 0 Å². The number of nitrogens with two attached hydrogens (primary N) is 1. The Balaban J connectivity index is 1.72. The summed E-state index contributed by atoms with van der Waals surface area (Å²) in [5.41, 5.74) is 5.58. The second-order valence-electron chi connectivity index (χ2n) is 8.12. The van der Waals surface area contributed by atoms with Crippen LogP contribution in [0.3, 0.4) is 0 Å². The fraction of sp³-hybridized carbons (Fsp3) is 0.269. The lowest BCUT2D eigenvalue weighted by Crippen LogP contribution is -2.19. The Labute approximate surface area is 207 Å². The zero-order chi connectivity index (χ0) is 26.3. The maximum atomic E-state index is 13.1. The Bertz CT molecular complexity index is 1280. The van der Waals surface area contributed by atoms with Crippen molar-refractivity contribution in [1.29, 1.82) is 0 Å². The first-order valence-corrected chi connectivity index (χ1v) is 12.8. The van der Waals surface area contributed by atoms with Crippen LogP contribution in [0.5, 0.6) is 5.75 Å². The van der Waals surface area contributed by atoms with Gasteiger partial charge < -0.3 is 15.2 Å². The topological polar surface area (TPSA) is 95.7 Å². The highest BCUT2D eigenvalue weighted by atomic mass is 32.2. The van der Waals surface area contributed by atoms with Crippen LogP contribution in [0.4, 0.5) is 18.9 Å². The first-order chi connectivity index (χ1) is 17.0. The summed E-state index contributed by atoms with van der Waals surface area (Å²) in [5, 5.41) is 0. The van der Waals surface area contributed by atoms with Crippen molar-refractivity contribution in [2.75, 3.05) is 18.1 Å². The van der Waals surface area contributed by atoms with E-state index in [1.165, 1.54) is 30.3 Å². The number of benzene rings is 3. The molecule has 3 rings (SSSR count). The number of carbonyl (C=O) groups excluding carboxylic acids is 1. The van der Waals surface area contributed by atoms with Crippen LogP contribution in [0.25, 0.3) is 0 Å². The molecule has 1 atom stereocenters. The molecule has 0 aliphatic carbocycles. The lowest BCUT2D eigenvalue weighted by atomic mass is 9.98. The Kier molecular flexibility index (Phi) is 8.62. The largest absolute Gasteiger partial charge is 0.489 e. The van der Waals surface area contributed by atoms with Crippen LogP contribution < -0.4 is 10.5 Å². The van der Waals surface area contributed by atoms with Crippen LogP contribution >= 0.6 is 0 Å². The molecule has 1 unspecified atom stereocenters. The standard InChI is InChI=1S/C26H26F3NO5S/c1-2-34-25(31)14-20(19-6-4-3-5-7-19)17-36(32,33)24-10-8-23(9-11-24)35-16-18-12-21(26(27,28)29)15-22(30)13-18/h3-13,15,20H,2,14,16-17,30H2,1H3. The molecule has 192 valence electrons. The number of hydrogen-bond acceptors (Lipinski definition) is 6. The van der Waals surface area contributed by atoms with Gasteiger partial charge in [-0.1, -0.05) is 30.3 Å². The molecule has 0 saturated heterocycles. The van der Waals surface area contributed by atoms with E-state index in [9.17, 15) is 26.4 Å². The van der Waals surface area contributed by atoms with Gasteiger partial charge in [-0.25, -0.2) is 8.42 Å². The minimum Gasteiger partial charge on any atom is -0.489 e. The van der Waals surface area contributed by atoms with Crippen molar-refractivity contribution in [3.8, 4) is 5.75 Å². The van der Waals surface area contributed by atoms with Crippen molar-refractivity contribution in [2.45, 2.75) is 36.9 Å². The van der Waals surface area contributed by atoms with Crippen molar-refractivity contribution in [2.24, 2.45) is 0 Å². The van der Waals surface area contributed by atoms with E-state index in [1.54, 1.807) is 37.3 Å². The van der Waals surface area contributed by atoms with Crippen molar-refractivity contribution in [3.63, 3.8) is 0 Å². The molecular weight excluding hydrogens is 495 g/mol. The number of nitrogen functional groups attached to an aromatic ring is 1. The molecular formula is C26H26F3NO5S. The van der Waals surface area contributed by atoms with E-state index in [-0.39, 0.29) is 47.3 Å². The number of sulfone groups is 1. The maximum absolute atomic E-state index is 13.1. The highest BCUT2D eigenvalue weighted by molar-refractivity contribution is 7.91. The second kappa shape index (κ2) is 11.5. The maximum Gasteiger partial charge on any atom is 0.416 e. The quantitative estimate of drug-likeness (QED) is 0.284. The Morgan fingerprint density at radius 2 is 1.67 bits per heavy atom. The van der Waals surface area contributed by atoms with Gasteiger partial charge in [-0.15, -0.1) is 0 Å². The van der Waals surface area contributed by atoms with E-state index in [2.05, 4.69) is 0 Å². The highest BCUT2D eigenvalue weighted by Crippen LogP contribution is 2.32. The molecule has 0 saturated carbocycles. The van der Waals surface area contributed by atoms with Crippen LogP contribution in [-0.4, -0.2) is 26.7 Å². The molecule has 10 heteroatoms. The number of halogens is 3. The molecule has 0 heterocycles. The summed E-state index contributed by atoms with van der Waals surface area (Å²) in [5.74, 6) is -1.12. The molecule has 0 radical (unpaired) electrons. The van der Waals surface area contributed by atoms with Gasteiger partial charge in [-0.3, -0.25) is 4.79 Å².